The lowest BCUT2D eigenvalue weighted by atomic mass is 10.0. The largest absolute Gasteiger partial charge is 0.322 e. The minimum Gasteiger partial charge on any atom is -0.322 e. The molecule has 0 unspecified atom stereocenters. The molecule has 2 aliphatic rings. The van der Waals surface area contributed by atoms with Crippen LogP contribution >= 0.6 is 11.3 Å². The van der Waals surface area contributed by atoms with E-state index in [1.54, 1.807) is 27.2 Å². The first kappa shape index (κ1) is 18.0. The molecule has 3 heterocycles. The van der Waals surface area contributed by atoms with Gasteiger partial charge in [-0.1, -0.05) is 30.3 Å². The average molecular weight is 397 g/mol. The maximum Gasteiger partial charge on any atom is 0.259 e. The van der Waals surface area contributed by atoms with Crippen molar-refractivity contribution >= 4 is 16.3 Å². The third kappa shape index (κ3) is 3.64. The zero-order valence-corrected chi connectivity index (χ0v) is 17.1. The lowest BCUT2D eigenvalue weighted by molar-refractivity contribution is -1.02. The molecule has 0 atom stereocenters. The standard InChI is InChI=1S/C22H26N4OS/c27-21-14-18(23-22-26(21)19-8-4-5-9-20(19)28-22)16-25-12-10-24(11-13-25)15-17-6-2-1-3-7-17/h1-3,6-7,14H,4-5,8-13,15-16H2/p+2. The fourth-order valence-corrected chi connectivity index (χ4v) is 5.92. The van der Waals surface area contributed by atoms with E-state index in [4.69, 9.17) is 4.98 Å². The van der Waals surface area contributed by atoms with Gasteiger partial charge in [0.15, 0.2) is 4.96 Å². The van der Waals surface area contributed by atoms with Crippen molar-refractivity contribution in [3.63, 3.8) is 0 Å². The molecule has 146 valence electrons. The Kier molecular flexibility index (Phi) is 5.01. The van der Waals surface area contributed by atoms with Crippen LogP contribution in [0.25, 0.3) is 4.96 Å². The smallest absolute Gasteiger partial charge is 0.259 e. The van der Waals surface area contributed by atoms with Gasteiger partial charge in [0.25, 0.3) is 5.56 Å². The van der Waals surface area contributed by atoms with Crippen LogP contribution in [0, 0.1) is 0 Å². The van der Waals surface area contributed by atoms with Gasteiger partial charge < -0.3 is 9.80 Å². The highest BCUT2D eigenvalue weighted by molar-refractivity contribution is 7.17. The van der Waals surface area contributed by atoms with Crippen LogP contribution in [-0.2, 0) is 25.9 Å². The molecule has 1 aliphatic heterocycles. The number of hydrogen-bond donors (Lipinski definition) is 2. The molecular formula is C22H28N4OS+2. The molecule has 1 fully saturated rings. The van der Waals surface area contributed by atoms with Crippen LogP contribution in [0.15, 0.2) is 41.2 Å². The van der Waals surface area contributed by atoms with Gasteiger partial charge in [-0.3, -0.25) is 9.20 Å². The Morgan fingerprint density at radius 2 is 1.68 bits per heavy atom. The molecular weight excluding hydrogens is 368 g/mol. The number of benzene rings is 1. The van der Waals surface area contributed by atoms with Crippen molar-refractivity contribution in [2.24, 2.45) is 0 Å². The number of quaternary nitrogens is 2. The van der Waals surface area contributed by atoms with Crippen LogP contribution < -0.4 is 15.4 Å². The zero-order valence-electron chi connectivity index (χ0n) is 16.2. The normalized spacial score (nSPS) is 22.3. The number of fused-ring (bicyclic) bond motifs is 3. The molecule has 1 saturated heterocycles. The molecule has 0 bridgehead atoms. The second-order valence-electron chi connectivity index (χ2n) is 8.22. The van der Waals surface area contributed by atoms with E-state index in [9.17, 15) is 4.79 Å². The minimum atomic E-state index is 0.118. The zero-order chi connectivity index (χ0) is 18.9. The molecule has 1 aliphatic carbocycles. The third-order valence-corrected chi connectivity index (χ3v) is 7.35. The number of nitrogens with zero attached hydrogens (tertiary/aromatic N) is 2. The van der Waals surface area contributed by atoms with Crippen LogP contribution in [0.5, 0.6) is 0 Å². The SMILES string of the molecule is O=c1cc(C[NH+]2CC[NH+](Cc3ccccc3)CC2)nc2sc3c(n12)CCCC3. The topological polar surface area (TPSA) is 43.2 Å². The number of nitrogens with one attached hydrogen (secondary N) is 2. The van der Waals surface area contributed by atoms with Gasteiger partial charge in [0.1, 0.15) is 45.0 Å². The first-order valence-corrected chi connectivity index (χ1v) is 11.3. The van der Waals surface area contributed by atoms with Crippen LogP contribution in [-0.4, -0.2) is 35.6 Å². The minimum absolute atomic E-state index is 0.118. The summed E-state index contributed by atoms with van der Waals surface area (Å²) in [6, 6.07) is 12.6. The molecule has 1 aromatic carbocycles. The molecule has 5 nitrogen and oxygen atoms in total. The monoisotopic (exact) mass is 396 g/mol. The highest BCUT2D eigenvalue weighted by Crippen LogP contribution is 2.28. The highest BCUT2D eigenvalue weighted by atomic mass is 32.1. The Hall–Kier alpha value is -2.02. The lowest BCUT2D eigenvalue weighted by Gasteiger charge is -2.29. The summed E-state index contributed by atoms with van der Waals surface area (Å²) in [6.07, 6.45) is 4.55. The number of hydrogen-bond acceptors (Lipinski definition) is 3. The van der Waals surface area contributed by atoms with Gasteiger partial charge in [-0.2, -0.15) is 0 Å². The van der Waals surface area contributed by atoms with Crippen molar-refractivity contribution < 1.29 is 9.80 Å². The van der Waals surface area contributed by atoms with E-state index < -0.39 is 0 Å². The van der Waals surface area contributed by atoms with Gasteiger partial charge >= 0.3 is 0 Å². The van der Waals surface area contributed by atoms with E-state index in [-0.39, 0.29) is 5.56 Å². The van der Waals surface area contributed by atoms with Gasteiger partial charge in [0.2, 0.25) is 0 Å². The van der Waals surface area contributed by atoms with Crippen molar-refractivity contribution in [1.82, 2.24) is 9.38 Å². The van der Waals surface area contributed by atoms with Gasteiger partial charge in [0.05, 0.1) is 0 Å². The summed E-state index contributed by atoms with van der Waals surface area (Å²) in [4.78, 5) is 23.1. The predicted octanol–water partition coefficient (Wildman–Crippen LogP) is 0.118. The van der Waals surface area contributed by atoms with Gasteiger partial charge in [-0.15, -0.1) is 11.3 Å². The second kappa shape index (κ2) is 7.78. The van der Waals surface area contributed by atoms with Crippen LogP contribution in [0.3, 0.4) is 0 Å². The Morgan fingerprint density at radius 1 is 0.964 bits per heavy atom. The van der Waals surface area contributed by atoms with E-state index in [1.807, 2.05) is 4.40 Å². The predicted molar refractivity (Wildman–Crippen MR) is 111 cm³/mol. The quantitative estimate of drug-likeness (QED) is 0.658. The molecule has 6 heteroatoms. The molecule has 3 aromatic rings. The molecule has 2 N–H and O–H groups in total. The molecule has 0 radical (unpaired) electrons. The molecule has 0 spiro atoms. The molecule has 28 heavy (non-hydrogen) atoms. The molecule has 0 amide bonds. The maximum absolute atomic E-state index is 12.7. The average Bonchev–Trinajstić information content (AvgIpc) is 3.09. The molecule has 5 rings (SSSR count). The number of piperazine rings is 1. The summed E-state index contributed by atoms with van der Waals surface area (Å²) in [5.41, 5.74) is 3.72. The lowest BCUT2D eigenvalue weighted by Crippen LogP contribution is -3.27. The van der Waals surface area contributed by atoms with Gasteiger partial charge in [-0.25, -0.2) is 4.98 Å². The van der Waals surface area contributed by atoms with Gasteiger partial charge in [0, 0.05) is 22.2 Å². The number of aromatic nitrogens is 2. The maximum atomic E-state index is 12.7. The molecule has 2 aromatic heterocycles. The van der Waals surface area contributed by atoms with E-state index >= 15 is 0 Å². The first-order valence-electron chi connectivity index (χ1n) is 10.5. The van der Waals surface area contributed by atoms with Crippen LogP contribution in [0.4, 0.5) is 0 Å². The molecule has 0 saturated carbocycles. The Labute approximate surface area is 169 Å². The van der Waals surface area contributed by atoms with Crippen molar-refractivity contribution in [3.8, 4) is 0 Å². The van der Waals surface area contributed by atoms with Gasteiger partial charge in [-0.05, 0) is 25.7 Å². The van der Waals surface area contributed by atoms with E-state index in [0.29, 0.717) is 0 Å². The summed E-state index contributed by atoms with van der Waals surface area (Å²) in [5.74, 6) is 0. The van der Waals surface area contributed by atoms with E-state index in [1.165, 1.54) is 42.1 Å². The summed E-state index contributed by atoms with van der Waals surface area (Å²) >= 11 is 1.73. The third-order valence-electron chi connectivity index (χ3n) is 6.21. The summed E-state index contributed by atoms with van der Waals surface area (Å²) < 4.78 is 1.87. The second-order valence-corrected chi connectivity index (χ2v) is 9.28. The Morgan fingerprint density at radius 3 is 2.46 bits per heavy atom. The van der Waals surface area contributed by atoms with Crippen molar-refractivity contribution in [3.05, 3.63) is 68.6 Å². The number of aryl methyl sites for hydroxylation is 2. The highest BCUT2D eigenvalue weighted by Gasteiger charge is 2.24. The summed E-state index contributed by atoms with van der Waals surface area (Å²) in [6.45, 7) is 6.62. The Bertz CT molecular complexity index is 1020. The van der Waals surface area contributed by atoms with Crippen LogP contribution in [0.2, 0.25) is 0 Å². The number of rotatable bonds is 4. The summed E-state index contributed by atoms with van der Waals surface area (Å²) in [5, 5.41) is 0. The number of thiazole rings is 1. The van der Waals surface area contributed by atoms with Crippen LogP contribution in [0.1, 0.15) is 34.7 Å². The fourth-order valence-electron chi connectivity index (χ4n) is 4.68. The van der Waals surface area contributed by atoms with Crippen molar-refractivity contribution in [1.29, 1.82) is 0 Å². The fraction of sp³-hybridized carbons (Fsp3) is 0.455. The van der Waals surface area contributed by atoms with Crippen molar-refractivity contribution in [2.45, 2.75) is 38.8 Å². The van der Waals surface area contributed by atoms with Crippen molar-refractivity contribution in [2.75, 3.05) is 26.2 Å². The van der Waals surface area contributed by atoms with E-state index in [2.05, 4.69) is 30.3 Å². The van der Waals surface area contributed by atoms with E-state index in [0.717, 1.165) is 49.7 Å². The Balaban J connectivity index is 1.26. The summed E-state index contributed by atoms with van der Waals surface area (Å²) in [7, 11) is 0. The first-order chi connectivity index (χ1) is 13.8.